The lowest BCUT2D eigenvalue weighted by molar-refractivity contribution is 0.626. The molecule has 21 heavy (non-hydrogen) atoms. The monoisotopic (exact) mass is 349 g/mol. The third-order valence-corrected chi connectivity index (χ3v) is 2.91. The summed E-state index contributed by atoms with van der Waals surface area (Å²) in [6.07, 6.45) is 1.77. The highest BCUT2D eigenvalue weighted by molar-refractivity contribution is 5.86. The summed E-state index contributed by atoms with van der Waals surface area (Å²) in [6.45, 7) is 0.667. The van der Waals surface area contributed by atoms with Crippen LogP contribution in [0.25, 0.3) is 11.0 Å². The van der Waals surface area contributed by atoms with Gasteiger partial charge in [-0.25, -0.2) is 9.37 Å². The van der Waals surface area contributed by atoms with Crippen molar-refractivity contribution >= 4 is 53.9 Å². The van der Waals surface area contributed by atoms with E-state index in [2.05, 4.69) is 4.98 Å². The Labute approximate surface area is 140 Å². The number of benzene rings is 2. The van der Waals surface area contributed by atoms with Crippen molar-refractivity contribution in [3.63, 3.8) is 0 Å². The quantitative estimate of drug-likeness (QED) is 0.708. The number of anilines is 1. The lowest BCUT2D eigenvalue weighted by Gasteiger charge is -2.04. The average Bonchev–Trinajstić information content (AvgIpc) is 2.74. The summed E-state index contributed by atoms with van der Waals surface area (Å²) in [5, 5.41) is 0. The zero-order chi connectivity index (χ0) is 12.5. The molecule has 2 N–H and O–H groups in total. The van der Waals surface area contributed by atoms with Gasteiger partial charge in [-0.2, -0.15) is 0 Å². The van der Waals surface area contributed by atoms with Gasteiger partial charge in [0.1, 0.15) is 5.82 Å². The molecule has 3 aromatic rings. The Morgan fingerprint density at radius 1 is 1.00 bits per heavy atom. The van der Waals surface area contributed by atoms with Gasteiger partial charge in [-0.15, -0.1) is 37.2 Å². The molecule has 0 aliphatic rings. The minimum absolute atomic E-state index is 0. The van der Waals surface area contributed by atoms with Gasteiger partial charge < -0.3 is 10.3 Å². The number of nitrogens with zero attached hydrogens (tertiary/aromatic N) is 2. The number of hydrogen-bond donors (Lipinski definition) is 1. The van der Waals surface area contributed by atoms with Gasteiger partial charge in [0.25, 0.3) is 0 Å². The van der Waals surface area contributed by atoms with Crippen LogP contribution in [0.1, 0.15) is 5.56 Å². The van der Waals surface area contributed by atoms with Crippen LogP contribution in [-0.4, -0.2) is 9.55 Å². The SMILES string of the molecule is Cl.Cl.Cl.Nc1ccc2c(c1)ncn2Cc1ccc(F)cc1. The third-order valence-electron chi connectivity index (χ3n) is 2.91. The fourth-order valence-corrected chi connectivity index (χ4v) is 1.99. The Kier molecular flexibility index (Phi) is 7.50. The fraction of sp³-hybridized carbons (Fsp3) is 0.0714. The number of aromatic nitrogens is 2. The number of fused-ring (bicyclic) bond motifs is 1. The van der Waals surface area contributed by atoms with Crippen LogP contribution in [0.2, 0.25) is 0 Å². The summed E-state index contributed by atoms with van der Waals surface area (Å²) in [4.78, 5) is 4.30. The Balaban J connectivity index is 0.00000133. The number of rotatable bonds is 2. The molecule has 0 bridgehead atoms. The average molecular weight is 351 g/mol. The van der Waals surface area contributed by atoms with E-state index in [1.54, 1.807) is 18.5 Å². The highest BCUT2D eigenvalue weighted by Crippen LogP contribution is 2.17. The molecule has 2 aromatic carbocycles. The van der Waals surface area contributed by atoms with E-state index in [1.165, 1.54) is 12.1 Å². The van der Waals surface area contributed by atoms with Crippen LogP contribution in [-0.2, 0) is 6.54 Å². The predicted molar refractivity (Wildman–Crippen MR) is 91.4 cm³/mol. The summed E-state index contributed by atoms with van der Waals surface area (Å²) in [5.74, 6) is -0.220. The van der Waals surface area contributed by atoms with E-state index in [4.69, 9.17) is 5.73 Å². The first-order valence-electron chi connectivity index (χ1n) is 5.67. The molecule has 0 unspecified atom stereocenters. The van der Waals surface area contributed by atoms with Gasteiger partial charge in [-0.05, 0) is 35.9 Å². The van der Waals surface area contributed by atoms with Crippen LogP contribution in [0, 0.1) is 5.82 Å². The molecule has 0 aliphatic heterocycles. The van der Waals surface area contributed by atoms with E-state index in [0.29, 0.717) is 12.2 Å². The summed E-state index contributed by atoms with van der Waals surface area (Å²) >= 11 is 0. The zero-order valence-corrected chi connectivity index (χ0v) is 13.3. The van der Waals surface area contributed by atoms with Crippen LogP contribution in [0.3, 0.4) is 0 Å². The number of imidazole rings is 1. The Morgan fingerprint density at radius 3 is 2.33 bits per heavy atom. The highest BCUT2D eigenvalue weighted by Gasteiger charge is 2.03. The maximum absolute atomic E-state index is 12.8. The summed E-state index contributed by atoms with van der Waals surface area (Å²) in [7, 11) is 0. The first-order chi connectivity index (χ1) is 8.72. The normalized spacial score (nSPS) is 9.38. The van der Waals surface area contributed by atoms with Gasteiger partial charge in [0.05, 0.1) is 17.4 Å². The first-order valence-corrected chi connectivity index (χ1v) is 5.67. The second kappa shape index (κ2) is 8.08. The molecule has 3 rings (SSSR count). The number of nitrogens with two attached hydrogens (primary N) is 1. The lowest BCUT2D eigenvalue weighted by Crippen LogP contribution is -1.98. The van der Waals surface area contributed by atoms with Crippen molar-refractivity contribution in [2.24, 2.45) is 0 Å². The molecule has 7 heteroatoms. The van der Waals surface area contributed by atoms with E-state index < -0.39 is 0 Å². The van der Waals surface area contributed by atoms with Crippen LogP contribution in [0.4, 0.5) is 10.1 Å². The molecule has 0 radical (unpaired) electrons. The van der Waals surface area contributed by atoms with Crippen molar-refractivity contribution in [1.82, 2.24) is 9.55 Å². The molecule has 0 fully saturated rings. The highest BCUT2D eigenvalue weighted by atomic mass is 35.5. The molecule has 0 saturated carbocycles. The summed E-state index contributed by atoms with van der Waals surface area (Å²) in [5.41, 5.74) is 9.34. The lowest BCUT2D eigenvalue weighted by atomic mass is 10.2. The minimum atomic E-state index is -0.220. The zero-order valence-electron chi connectivity index (χ0n) is 10.9. The summed E-state index contributed by atoms with van der Waals surface area (Å²) in [6, 6.07) is 12.1. The molecule has 1 heterocycles. The standard InChI is InChI=1S/C14H12FN3.3ClH/c15-11-3-1-10(2-4-11)8-18-9-17-13-7-12(16)5-6-14(13)18;;;/h1-7,9H,8,16H2;3*1H. The summed E-state index contributed by atoms with van der Waals surface area (Å²) < 4.78 is 14.8. The Bertz CT molecular complexity index is 698. The van der Waals surface area contributed by atoms with Gasteiger partial charge in [-0.3, -0.25) is 0 Å². The third kappa shape index (κ3) is 4.24. The molecule has 114 valence electrons. The van der Waals surface area contributed by atoms with Crippen LogP contribution < -0.4 is 5.73 Å². The van der Waals surface area contributed by atoms with E-state index >= 15 is 0 Å². The van der Waals surface area contributed by atoms with E-state index in [9.17, 15) is 4.39 Å². The molecule has 3 nitrogen and oxygen atoms in total. The van der Waals surface area contributed by atoms with Gasteiger partial charge >= 0.3 is 0 Å². The predicted octanol–water partition coefficient (Wildman–Crippen LogP) is 4.07. The Morgan fingerprint density at radius 2 is 1.67 bits per heavy atom. The van der Waals surface area contributed by atoms with Crippen LogP contribution in [0.5, 0.6) is 0 Å². The second-order valence-electron chi connectivity index (χ2n) is 4.25. The molecule has 0 saturated heterocycles. The topological polar surface area (TPSA) is 43.8 Å². The maximum atomic E-state index is 12.8. The maximum Gasteiger partial charge on any atom is 0.123 e. The van der Waals surface area contributed by atoms with E-state index in [-0.39, 0.29) is 43.0 Å². The van der Waals surface area contributed by atoms with Crippen LogP contribution in [0.15, 0.2) is 48.8 Å². The van der Waals surface area contributed by atoms with Crippen molar-refractivity contribution in [1.29, 1.82) is 0 Å². The largest absolute Gasteiger partial charge is 0.399 e. The van der Waals surface area contributed by atoms with Crippen molar-refractivity contribution in [3.8, 4) is 0 Å². The molecular formula is C14H15Cl3FN3. The van der Waals surface area contributed by atoms with Gasteiger partial charge in [0, 0.05) is 12.2 Å². The first kappa shape index (κ1) is 19.5. The van der Waals surface area contributed by atoms with Crippen molar-refractivity contribution in [2.45, 2.75) is 6.54 Å². The molecular weight excluding hydrogens is 336 g/mol. The smallest absolute Gasteiger partial charge is 0.123 e. The van der Waals surface area contributed by atoms with Crippen molar-refractivity contribution in [2.75, 3.05) is 5.73 Å². The number of nitrogen functional groups attached to an aromatic ring is 1. The fourth-order valence-electron chi connectivity index (χ4n) is 1.99. The van der Waals surface area contributed by atoms with Gasteiger partial charge in [-0.1, -0.05) is 12.1 Å². The Hall–Kier alpha value is -1.49. The minimum Gasteiger partial charge on any atom is -0.399 e. The van der Waals surface area contributed by atoms with Crippen molar-refractivity contribution in [3.05, 3.63) is 60.2 Å². The van der Waals surface area contributed by atoms with Gasteiger partial charge in [0.2, 0.25) is 0 Å². The van der Waals surface area contributed by atoms with Gasteiger partial charge in [0.15, 0.2) is 0 Å². The van der Waals surface area contributed by atoms with Crippen LogP contribution >= 0.6 is 37.2 Å². The molecule has 0 spiro atoms. The second-order valence-corrected chi connectivity index (χ2v) is 4.25. The number of halogens is 4. The van der Waals surface area contributed by atoms with E-state index in [1.807, 2.05) is 22.8 Å². The number of hydrogen-bond acceptors (Lipinski definition) is 2. The molecule has 0 aliphatic carbocycles. The molecule has 0 atom stereocenters. The van der Waals surface area contributed by atoms with E-state index in [0.717, 1.165) is 16.6 Å². The van der Waals surface area contributed by atoms with Crippen molar-refractivity contribution < 1.29 is 4.39 Å². The molecule has 1 aromatic heterocycles. The molecule has 0 amide bonds.